The molecular weight excluding hydrogens is 96.0 g/mol. The lowest BCUT2D eigenvalue weighted by Gasteiger charge is -2.00. The molecule has 0 saturated heterocycles. The Morgan fingerprint density at radius 2 is 2.43 bits per heavy atom. The second-order valence-electron chi connectivity index (χ2n) is 1.06. The van der Waals surface area contributed by atoms with Crippen LogP contribution in [0.25, 0.3) is 0 Å². The van der Waals surface area contributed by atoms with Crippen molar-refractivity contribution in [1.82, 2.24) is 0 Å². The molecule has 0 aromatic heterocycles. The normalized spacial score (nSPS) is 13.0. The largest absolute Gasteiger partial charge is 0.436 e. The number of rotatable bonds is 1. The van der Waals surface area contributed by atoms with Crippen molar-refractivity contribution in [2.45, 2.75) is 13.2 Å². The molecule has 0 spiro atoms. The summed E-state index contributed by atoms with van der Waals surface area (Å²) < 4.78 is 4.06. The lowest BCUT2D eigenvalue weighted by atomic mass is 10.7. The monoisotopic (exact) mass is 103 g/mol. The number of carbonyl (C=O) groups is 1. The molecule has 0 rings (SSSR count). The molecule has 0 heterocycles. The van der Waals surface area contributed by atoms with Crippen LogP contribution in [0.5, 0.6) is 0 Å². The van der Waals surface area contributed by atoms with Crippen molar-refractivity contribution in [3.05, 3.63) is 6.92 Å². The molecule has 1 N–H and O–H groups in total. The lowest BCUT2D eigenvalue weighted by Crippen LogP contribution is -2.10. The van der Waals surface area contributed by atoms with Crippen LogP contribution in [0.1, 0.15) is 6.92 Å². The summed E-state index contributed by atoms with van der Waals surface area (Å²) in [4.78, 5) is 9.83. The van der Waals surface area contributed by atoms with Crippen molar-refractivity contribution < 1.29 is 14.6 Å². The van der Waals surface area contributed by atoms with E-state index < -0.39 is 12.3 Å². The van der Waals surface area contributed by atoms with E-state index in [1.165, 1.54) is 6.92 Å². The van der Waals surface area contributed by atoms with Gasteiger partial charge in [-0.1, -0.05) is 0 Å². The fraction of sp³-hybridized carbons (Fsp3) is 0.500. The molecule has 7 heavy (non-hydrogen) atoms. The van der Waals surface area contributed by atoms with Crippen LogP contribution in [0, 0.1) is 6.92 Å². The second kappa shape index (κ2) is 2.58. The molecule has 0 saturated carbocycles. The van der Waals surface area contributed by atoms with Gasteiger partial charge in [-0.05, 0) is 0 Å². The van der Waals surface area contributed by atoms with Gasteiger partial charge in [0.1, 0.15) is 0 Å². The Morgan fingerprint density at radius 1 is 2.00 bits per heavy atom. The first-order valence-corrected chi connectivity index (χ1v) is 1.81. The number of esters is 1. The van der Waals surface area contributed by atoms with Gasteiger partial charge in [-0.25, -0.2) is 0 Å². The molecule has 0 bridgehead atoms. The van der Waals surface area contributed by atoms with Gasteiger partial charge < -0.3 is 9.84 Å². The molecule has 3 nitrogen and oxygen atoms in total. The van der Waals surface area contributed by atoms with E-state index in [9.17, 15) is 4.79 Å². The predicted octanol–water partition coefficient (Wildman–Crippen LogP) is -0.298. The molecule has 0 fully saturated rings. The van der Waals surface area contributed by atoms with E-state index in [-0.39, 0.29) is 0 Å². The topological polar surface area (TPSA) is 46.5 Å². The summed E-state index contributed by atoms with van der Waals surface area (Å²) in [6.07, 6.45) is -1.22. The molecule has 1 atom stereocenters. The molecule has 0 aromatic carbocycles. The van der Waals surface area contributed by atoms with Crippen molar-refractivity contribution in [1.29, 1.82) is 0 Å². The minimum atomic E-state index is -1.22. The highest BCUT2D eigenvalue weighted by molar-refractivity contribution is 5.66. The third-order valence-corrected chi connectivity index (χ3v) is 0.302. The summed E-state index contributed by atoms with van der Waals surface area (Å²) in [5.41, 5.74) is 0. The Kier molecular flexibility index (Phi) is 2.37. The summed E-state index contributed by atoms with van der Waals surface area (Å²) in [5.74, 6) is -0.525. The summed E-state index contributed by atoms with van der Waals surface area (Å²) in [6, 6.07) is 0. The van der Waals surface area contributed by atoms with Crippen molar-refractivity contribution in [2.75, 3.05) is 0 Å². The molecule has 0 aliphatic carbocycles. The number of ether oxygens (including phenoxy) is 1. The van der Waals surface area contributed by atoms with E-state index in [1.807, 2.05) is 0 Å². The minimum Gasteiger partial charge on any atom is -0.436 e. The van der Waals surface area contributed by atoms with Crippen LogP contribution in [0.3, 0.4) is 0 Å². The molecular formula is C4H7O3. The van der Waals surface area contributed by atoms with Crippen molar-refractivity contribution in [3.63, 3.8) is 0 Å². The third-order valence-electron chi connectivity index (χ3n) is 0.302. The predicted molar refractivity (Wildman–Crippen MR) is 23.1 cm³/mol. The van der Waals surface area contributed by atoms with Crippen LogP contribution in [0.2, 0.25) is 0 Å². The zero-order valence-electron chi connectivity index (χ0n) is 4.05. The van der Waals surface area contributed by atoms with E-state index in [4.69, 9.17) is 5.11 Å². The summed E-state index contributed by atoms with van der Waals surface area (Å²) in [6.45, 7) is 4.19. The quantitative estimate of drug-likeness (QED) is 0.366. The number of aliphatic hydroxyl groups is 1. The van der Waals surface area contributed by atoms with Gasteiger partial charge in [0, 0.05) is 13.8 Å². The van der Waals surface area contributed by atoms with Gasteiger partial charge in [-0.15, -0.1) is 0 Å². The fourth-order valence-corrected chi connectivity index (χ4v) is 0.192. The van der Waals surface area contributed by atoms with Gasteiger partial charge in [-0.2, -0.15) is 0 Å². The Morgan fingerprint density at radius 3 is 2.43 bits per heavy atom. The number of aliphatic hydroxyl groups excluding tert-OH is 1. The summed E-state index contributed by atoms with van der Waals surface area (Å²) >= 11 is 0. The first-order valence-electron chi connectivity index (χ1n) is 1.81. The number of hydrogen-bond donors (Lipinski definition) is 1. The average Bonchev–Trinajstić information content (AvgIpc) is 1.27. The van der Waals surface area contributed by atoms with Gasteiger partial charge >= 0.3 is 5.97 Å². The third kappa shape index (κ3) is 5.43. The van der Waals surface area contributed by atoms with Crippen LogP contribution in [-0.2, 0) is 9.53 Å². The number of carbonyl (C=O) groups excluding carboxylic acids is 1. The van der Waals surface area contributed by atoms with Gasteiger partial charge in [0.25, 0.3) is 0 Å². The van der Waals surface area contributed by atoms with E-state index in [2.05, 4.69) is 11.7 Å². The van der Waals surface area contributed by atoms with Gasteiger partial charge in [0.2, 0.25) is 6.29 Å². The minimum absolute atomic E-state index is 0.525. The van der Waals surface area contributed by atoms with E-state index in [0.717, 1.165) is 0 Å². The molecule has 1 unspecified atom stereocenters. The highest BCUT2D eigenvalue weighted by Crippen LogP contribution is 1.81. The molecule has 0 amide bonds. The molecule has 1 radical (unpaired) electrons. The highest BCUT2D eigenvalue weighted by atomic mass is 16.6. The zero-order valence-corrected chi connectivity index (χ0v) is 4.05. The van der Waals surface area contributed by atoms with E-state index in [0.29, 0.717) is 0 Å². The van der Waals surface area contributed by atoms with Crippen LogP contribution >= 0.6 is 0 Å². The molecule has 0 aliphatic heterocycles. The van der Waals surface area contributed by atoms with Crippen molar-refractivity contribution in [3.8, 4) is 0 Å². The SMILES string of the molecule is [CH2]C(O)OC(C)=O. The standard InChI is InChI=1S/C4H7O3/c1-3(5)7-4(2)6/h3,5H,1H2,2H3. The second-order valence-corrected chi connectivity index (χ2v) is 1.06. The van der Waals surface area contributed by atoms with Crippen LogP contribution in [0.15, 0.2) is 0 Å². The Hall–Kier alpha value is -0.570. The molecule has 0 aliphatic rings. The van der Waals surface area contributed by atoms with Gasteiger partial charge in [-0.3, -0.25) is 4.79 Å². The highest BCUT2D eigenvalue weighted by Gasteiger charge is 1.95. The first-order chi connectivity index (χ1) is 3.13. The Balaban J connectivity index is 3.13. The van der Waals surface area contributed by atoms with Crippen LogP contribution in [0.4, 0.5) is 0 Å². The lowest BCUT2D eigenvalue weighted by molar-refractivity contribution is -0.158. The fourth-order valence-electron chi connectivity index (χ4n) is 0.192. The van der Waals surface area contributed by atoms with Gasteiger partial charge in [0.15, 0.2) is 0 Å². The summed E-state index contributed by atoms with van der Waals surface area (Å²) in [7, 11) is 0. The maximum absolute atomic E-state index is 9.83. The Labute approximate surface area is 41.9 Å². The van der Waals surface area contributed by atoms with E-state index >= 15 is 0 Å². The molecule has 0 aromatic rings. The first kappa shape index (κ1) is 6.43. The molecule has 3 heteroatoms. The average molecular weight is 103 g/mol. The molecule has 41 valence electrons. The van der Waals surface area contributed by atoms with Crippen molar-refractivity contribution in [2.24, 2.45) is 0 Å². The van der Waals surface area contributed by atoms with E-state index in [1.54, 1.807) is 0 Å². The van der Waals surface area contributed by atoms with Crippen LogP contribution in [-0.4, -0.2) is 17.4 Å². The van der Waals surface area contributed by atoms with Gasteiger partial charge in [0.05, 0.1) is 0 Å². The number of hydrogen-bond acceptors (Lipinski definition) is 3. The smallest absolute Gasteiger partial charge is 0.304 e. The summed E-state index contributed by atoms with van der Waals surface area (Å²) in [5, 5.41) is 8.17. The zero-order chi connectivity index (χ0) is 5.86. The maximum Gasteiger partial charge on any atom is 0.304 e. The maximum atomic E-state index is 9.83. The van der Waals surface area contributed by atoms with Crippen LogP contribution < -0.4 is 0 Å². The van der Waals surface area contributed by atoms with Crippen molar-refractivity contribution >= 4 is 5.97 Å². The Bertz CT molecular complexity index is 67.3.